The van der Waals surface area contributed by atoms with Gasteiger partial charge >= 0.3 is 0 Å². The van der Waals surface area contributed by atoms with Crippen molar-refractivity contribution in [3.63, 3.8) is 0 Å². The van der Waals surface area contributed by atoms with Crippen LogP contribution in [0.4, 0.5) is 10.1 Å². The van der Waals surface area contributed by atoms with Crippen molar-refractivity contribution in [1.29, 1.82) is 0 Å². The predicted molar refractivity (Wildman–Crippen MR) is 94.4 cm³/mol. The molecule has 0 saturated heterocycles. The molecule has 0 N–H and O–H groups in total. The Morgan fingerprint density at radius 1 is 1.25 bits per heavy atom. The van der Waals surface area contributed by atoms with Crippen LogP contribution in [0.25, 0.3) is 0 Å². The Kier molecular flexibility index (Phi) is 4.84. The highest BCUT2D eigenvalue weighted by molar-refractivity contribution is 5.85. The van der Waals surface area contributed by atoms with Crippen molar-refractivity contribution in [1.82, 2.24) is 4.90 Å². The van der Waals surface area contributed by atoms with Gasteiger partial charge in [-0.25, -0.2) is 4.39 Å². The molecule has 1 aliphatic heterocycles. The molecular weight excluding hydrogens is 303 g/mol. The second kappa shape index (κ2) is 7.04. The largest absolute Gasteiger partial charge is 0.360 e. The molecule has 1 unspecified atom stereocenters. The summed E-state index contributed by atoms with van der Waals surface area (Å²) >= 11 is 0. The van der Waals surface area contributed by atoms with Gasteiger partial charge in [0.2, 0.25) is 5.91 Å². The lowest BCUT2D eigenvalue weighted by Crippen LogP contribution is -2.47. The molecule has 0 bridgehead atoms. The number of nitrogens with zero attached hydrogens (tertiary/aromatic N) is 2. The molecule has 3 nitrogen and oxygen atoms in total. The predicted octanol–water partition coefficient (Wildman–Crippen LogP) is 3.63. The van der Waals surface area contributed by atoms with E-state index < -0.39 is 0 Å². The zero-order chi connectivity index (χ0) is 17.1. The van der Waals surface area contributed by atoms with Crippen LogP contribution in [-0.2, 0) is 17.8 Å². The van der Waals surface area contributed by atoms with E-state index in [0.717, 1.165) is 30.6 Å². The molecule has 0 aliphatic carbocycles. The molecule has 24 heavy (non-hydrogen) atoms. The van der Waals surface area contributed by atoms with Gasteiger partial charge in [0.1, 0.15) is 11.9 Å². The van der Waals surface area contributed by atoms with Gasteiger partial charge in [-0.15, -0.1) is 0 Å². The second-order valence-electron chi connectivity index (χ2n) is 6.43. The van der Waals surface area contributed by atoms with Gasteiger partial charge < -0.3 is 9.80 Å². The molecule has 0 spiro atoms. The number of rotatable bonds is 4. The third-order valence-electron chi connectivity index (χ3n) is 4.66. The van der Waals surface area contributed by atoms with E-state index in [1.807, 2.05) is 25.1 Å². The fourth-order valence-electron chi connectivity index (χ4n) is 3.40. The summed E-state index contributed by atoms with van der Waals surface area (Å²) in [6.07, 6.45) is 2.12. The summed E-state index contributed by atoms with van der Waals surface area (Å²) in [7, 11) is 1.78. The van der Waals surface area contributed by atoms with Crippen molar-refractivity contribution in [2.75, 3.05) is 18.5 Å². The zero-order valence-electron chi connectivity index (χ0n) is 14.2. The van der Waals surface area contributed by atoms with Gasteiger partial charge in [0.05, 0.1) is 0 Å². The second-order valence-corrected chi connectivity index (χ2v) is 6.43. The van der Waals surface area contributed by atoms with E-state index in [1.165, 1.54) is 17.7 Å². The van der Waals surface area contributed by atoms with E-state index in [2.05, 4.69) is 17.0 Å². The smallest absolute Gasteiger partial charge is 0.245 e. The number of benzene rings is 2. The number of aryl methyl sites for hydroxylation is 1. The van der Waals surface area contributed by atoms with Crippen LogP contribution < -0.4 is 4.90 Å². The third kappa shape index (κ3) is 3.42. The molecule has 4 heteroatoms. The first kappa shape index (κ1) is 16.5. The number of carbonyl (C=O) groups excluding carboxylic acids is 1. The fraction of sp³-hybridized carbons (Fsp3) is 0.350. The first-order valence-electron chi connectivity index (χ1n) is 8.40. The number of halogens is 1. The van der Waals surface area contributed by atoms with Crippen molar-refractivity contribution in [3.05, 3.63) is 65.5 Å². The van der Waals surface area contributed by atoms with Crippen molar-refractivity contribution < 1.29 is 9.18 Å². The molecule has 3 rings (SSSR count). The van der Waals surface area contributed by atoms with Gasteiger partial charge in [-0.3, -0.25) is 4.79 Å². The average Bonchev–Trinajstić information content (AvgIpc) is 2.60. The Hall–Kier alpha value is -2.36. The summed E-state index contributed by atoms with van der Waals surface area (Å²) in [5.74, 6) is -0.220. The summed E-state index contributed by atoms with van der Waals surface area (Å²) in [6.45, 7) is 3.25. The van der Waals surface area contributed by atoms with Crippen LogP contribution in [0.3, 0.4) is 0 Å². The van der Waals surface area contributed by atoms with Crippen LogP contribution in [0.1, 0.15) is 24.5 Å². The van der Waals surface area contributed by atoms with Gasteiger partial charge in [-0.05, 0) is 49.1 Å². The van der Waals surface area contributed by atoms with Crippen molar-refractivity contribution in [2.45, 2.75) is 32.4 Å². The number of fused-ring (bicyclic) bond motifs is 1. The average molecular weight is 326 g/mol. The van der Waals surface area contributed by atoms with Crippen molar-refractivity contribution in [2.24, 2.45) is 0 Å². The third-order valence-corrected chi connectivity index (χ3v) is 4.66. The summed E-state index contributed by atoms with van der Waals surface area (Å²) in [5.41, 5.74) is 3.26. The van der Waals surface area contributed by atoms with Crippen molar-refractivity contribution >= 4 is 11.6 Å². The molecule has 1 atom stereocenters. The van der Waals surface area contributed by atoms with Gasteiger partial charge in [0.25, 0.3) is 0 Å². The Labute approximate surface area is 142 Å². The number of likely N-dealkylation sites (N-methyl/N-ethyl adjacent to an activating group) is 1. The summed E-state index contributed by atoms with van der Waals surface area (Å²) in [5, 5.41) is 0. The molecular formula is C20H23FN2O. The maximum absolute atomic E-state index is 13.3. The van der Waals surface area contributed by atoms with Gasteiger partial charge in [0, 0.05) is 25.8 Å². The quantitative estimate of drug-likeness (QED) is 0.857. The molecule has 1 aliphatic rings. The lowest BCUT2D eigenvalue weighted by atomic mass is 10.00. The minimum atomic E-state index is -0.272. The van der Waals surface area contributed by atoms with E-state index in [9.17, 15) is 9.18 Å². The molecule has 1 amide bonds. The lowest BCUT2D eigenvalue weighted by Gasteiger charge is -2.37. The minimum Gasteiger partial charge on any atom is -0.360 e. The number of para-hydroxylation sites is 1. The first-order valence-corrected chi connectivity index (χ1v) is 8.40. The Morgan fingerprint density at radius 2 is 2.04 bits per heavy atom. The summed E-state index contributed by atoms with van der Waals surface area (Å²) < 4.78 is 13.3. The Bertz CT molecular complexity index is 731. The maximum atomic E-state index is 13.3. The highest BCUT2D eigenvalue weighted by Gasteiger charge is 2.27. The van der Waals surface area contributed by atoms with Crippen molar-refractivity contribution in [3.8, 4) is 0 Å². The van der Waals surface area contributed by atoms with E-state index >= 15 is 0 Å². The van der Waals surface area contributed by atoms with Crippen LogP contribution in [-0.4, -0.2) is 30.4 Å². The van der Waals surface area contributed by atoms with E-state index in [-0.39, 0.29) is 17.8 Å². The zero-order valence-corrected chi connectivity index (χ0v) is 14.2. The Balaban J connectivity index is 1.73. The Morgan fingerprint density at radius 3 is 2.83 bits per heavy atom. The topological polar surface area (TPSA) is 23.6 Å². The van der Waals surface area contributed by atoms with Gasteiger partial charge in [-0.2, -0.15) is 0 Å². The molecule has 1 heterocycles. The van der Waals surface area contributed by atoms with Crippen LogP contribution in [0, 0.1) is 5.82 Å². The van der Waals surface area contributed by atoms with Crippen LogP contribution in [0.2, 0.25) is 0 Å². The molecule has 2 aromatic carbocycles. The molecule has 2 aromatic rings. The van der Waals surface area contributed by atoms with Gasteiger partial charge in [-0.1, -0.05) is 30.3 Å². The number of carbonyl (C=O) groups is 1. The van der Waals surface area contributed by atoms with Crippen LogP contribution in [0.15, 0.2) is 48.5 Å². The molecule has 0 aromatic heterocycles. The minimum absolute atomic E-state index is 0.0518. The highest BCUT2D eigenvalue weighted by Crippen LogP contribution is 2.28. The number of hydrogen-bond acceptors (Lipinski definition) is 2. The molecule has 0 fully saturated rings. The number of amides is 1. The maximum Gasteiger partial charge on any atom is 0.245 e. The standard InChI is InChI=1S/C20H23FN2O/c1-15(23-12-6-9-17-8-3-4-11-19(17)23)20(24)22(2)14-16-7-5-10-18(21)13-16/h3-5,7-8,10-11,13,15H,6,9,12,14H2,1-2H3. The SMILES string of the molecule is CC(C(=O)N(C)Cc1cccc(F)c1)N1CCCc2ccccc21. The number of anilines is 1. The first-order chi connectivity index (χ1) is 11.6. The monoisotopic (exact) mass is 326 g/mol. The lowest BCUT2D eigenvalue weighted by molar-refractivity contribution is -0.131. The molecule has 126 valence electrons. The summed E-state index contributed by atoms with van der Waals surface area (Å²) in [6, 6.07) is 14.5. The van der Waals surface area contributed by atoms with Crippen LogP contribution in [0.5, 0.6) is 0 Å². The molecule has 0 saturated carbocycles. The highest BCUT2D eigenvalue weighted by atomic mass is 19.1. The normalized spacial score (nSPS) is 14.9. The van der Waals surface area contributed by atoms with E-state index in [0.29, 0.717) is 6.54 Å². The number of hydrogen-bond donors (Lipinski definition) is 0. The van der Waals surface area contributed by atoms with Crippen LogP contribution >= 0.6 is 0 Å². The van der Waals surface area contributed by atoms with Gasteiger partial charge in [0.15, 0.2) is 0 Å². The van der Waals surface area contributed by atoms with E-state index in [4.69, 9.17) is 0 Å². The molecule has 0 radical (unpaired) electrons. The fourth-order valence-corrected chi connectivity index (χ4v) is 3.40. The summed E-state index contributed by atoms with van der Waals surface area (Å²) in [4.78, 5) is 16.7. The van der Waals surface area contributed by atoms with E-state index in [1.54, 1.807) is 18.0 Å².